The third kappa shape index (κ3) is 5.99. The van der Waals surface area contributed by atoms with Crippen LogP contribution in [0.2, 0.25) is 0 Å². The summed E-state index contributed by atoms with van der Waals surface area (Å²) in [7, 11) is 2.75. The smallest absolute Gasteiger partial charge is 0.341 e. The quantitative estimate of drug-likeness (QED) is 0.415. The molecule has 1 heterocycles. The van der Waals surface area contributed by atoms with Crippen LogP contribution in [-0.4, -0.2) is 36.8 Å². The van der Waals surface area contributed by atoms with Gasteiger partial charge in [0, 0.05) is 5.56 Å². The standard InChI is InChI=1S/C20H24N2O5/c1-20(2,3)13-26-17-10-21-11-18(22-17)27-16-9-7-6-8-14(16)15(12-24-4)19(23)25-5/h6-12H,13H2,1-5H3/b15-12+. The van der Waals surface area contributed by atoms with Crippen molar-refractivity contribution in [3.63, 3.8) is 0 Å². The van der Waals surface area contributed by atoms with E-state index in [9.17, 15) is 4.79 Å². The molecule has 0 fully saturated rings. The van der Waals surface area contributed by atoms with Gasteiger partial charge in [0.05, 0.1) is 39.5 Å². The van der Waals surface area contributed by atoms with Gasteiger partial charge in [0.15, 0.2) is 0 Å². The molecule has 1 aromatic carbocycles. The topological polar surface area (TPSA) is 79.8 Å². The second-order valence-electron chi connectivity index (χ2n) is 6.90. The Kier molecular flexibility index (Phi) is 6.76. The van der Waals surface area contributed by atoms with E-state index in [4.69, 9.17) is 18.9 Å². The van der Waals surface area contributed by atoms with Gasteiger partial charge in [-0.05, 0) is 11.5 Å². The summed E-state index contributed by atoms with van der Waals surface area (Å²) in [6.45, 7) is 6.68. The van der Waals surface area contributed by atoms with Gasteiger partial charge in [-0.1, -0.05) is 39.0 Å². The maximum atomic E-state index is 12.1. The third-order valence-electron chi connectivity index (χ3n) is 3.28. The minimum Gasteiger partial charge on any atom is -0.503 e. The van der Waals surface area contributed by atoms with E-state index in [1.54, 1.807) is 24.3 Å². The van der Waals surface area contributed by atoms with E-state index >= 15 is 0 Å². The summed E-state index contributed by atoms with van der Waals surface area (Å²) >= 11 is 0. The maximum absolute atomic E-state index is 12.1. The molecule has 1 aromatic heterocycles. The Balaban J connectivity index is 2.28. The number of methoxy groups -OCH3 is 2. The molecule has 0 aliphatic rings. The lowest BCUT2D eigenvalue weighted by Gasteiger charge is -2.18. The number of rotatable bonds is 7. The Bertz CT molecular complexity index is 812. The second-order valence-corrected chi connectivity index (χ2v) is 6.90. The molecular formula is C20H24N2O5. The predicted molar refractivity (Wildman–Crippen MR) is 101 cm³/mol. The molecule has 2 aromatic rings. The number of hydrogen-bond donors (Lipinski definition) is 0. The van der Waals surface area contributed by atoms with E-state index in [-0.39, 0.29) is 16.9 Å². The van der Waals surface area contributed by atoms with Crippen molar-refractivity contribution in [2.24, 2.45) is 5.41 Å². The Morgan fingerprint density at radius 1 is 1.11 bits per heavy atom. The van der Waals surface area contributed by atoms with Crippen molar-refractivity contribution in [2.45, 2.75) is 20.8 Å². The number of carbonyl (C=O) groups excluding carboxylic acids is 1. The van der Waals surface area contributed by atoms with Gasteiger partial charge in [0.2, 0.25) is 11.8 Å². The lowest BCUT2D eigenvalue weighted by Crippen LogP contribution is -2.17. The number of para-hydroxylation sites is 1. The average molecular weight is 372 g/mol. The summed E-state index contributed by atoms with van der Waals surface area (Å²) in [5.41, 5.74) is 0.726. The van der Waals surface area contributed by atoms with E-state index in [0.29, 0.717) is 23.8 Å². The fourth-order valence-electron chi connectivity index (χ4n) is 2.08. The van der Waals surface area contributed by atoms with E-state index in [2.05, 4.69) is 30.7 Å². The molecule has 0 saturated carbocycles. The fourth-order valence-corrected chi connectivity index (χ4v) is 2.08. The van der Waals surface area contributed by atoms with Crippen molar-refractivity contribution in [1.82, 2.24) is 9.97 Å². The number of esters is 1. The summed E-state index contributed by atoms with van der Waals surface area (Å²) in [5, 5.41) is 0. The number of nitrogens with zero attached hydrogens (tertiary/aromatic N) is 2. The van der Waals surface area contributed by atoms with Crippen molar-refractivity contribution < 1.29 is 23.7 Å². The van der Waals surface area contributed by atoms with E-state index in [1.165, 1.54) is 32.9 Å². The molecule has 7 heteroatoms. The molecule has 0 atom stereocenters. The van der Waals surface area contributed by atoms with Crippen LogP contribution in [-0.2, 0) is 14.3 Å². The Labute approximate surface area is 159 Å². The highest BCUT2D eigenvalue weighted by atomic mass is 16.5. The van der Waals surface area contributed by atoms with Crippen LogP contribution in [0.15, 0.2) is 42.9 Å². The highest BCUT2D eigenvalue weighted by molar-refractivity contribution is 6.17. The molecule has 0 amide bonds. The highest BCUT2D eigenvalue weighted by Gasteiger charge is 2.18. The van der Waals surface area contributed by atoms with E-state index in [1.807, 2.05) is 0 Å². The largest absolute Gasteiger partial charge is 0.503 e. The second kappa shape index (κ2) is 9.02. The van der Waals surface area contributed by atoms with E-state index < -0.39 is 5.97 Å². The van der Waals surface area contributed by atoms with Gasteiger partial charge in [0.1, 0.15) is 11.3 Å². The van der Waals surface area contributed by atoms with Gasteiger partial charge >= 0.3 is 5.97 Å². The summed E-state index contributed by atoms with van der Waals surface area (Å²) in [5.74, 6) is 0.478. The van der Waals surface area contributed by atoms with Crippen LogP contribution in [0, 0.1) is 5.41 Å². The molecule has 144 valence electrons. The Morgan fingerprint density at radius 2 is 1.81 bits per heavy atom. The average Bonchev–Trinajstić information content (AvgIpc) is 2.64. The molecule has 2 rings (SSSR count). The lowest BCUT2D eigenvalue weighted by atomic mass is 9.99. The molecule has 0 bridgehead atoms. The molecule has 0 aliphatic heterocycles. The zero-order chi connectivity index (χ0) is 19.9. The third-order valence-corrected chi connectivity index (χ3v) is 3.28. The van der Waals surface area contributed by atoms with Crippen molar-refractivity contribution in [3.8, 4) is 17.5 Å². The van der Waals surface area contributed by atoms with Gasteiger partial charge in [-0.25, -0.2) is 4.79 Å². The van der Waals surface area contributed by atoms with Crippen LogP contribution in [0.3, 0.4) is 0 Å². The zero-order valence-corrected chi connectivity index (χ0v) is 16.2. The van der Waals surface area contributed by atoms with Crippen LogP contribution < -0.4 is 9.47 Å². The molecule has 0 radical (unpaired) electrons. The normalized spacial score (nSPS) is 11.7. The minimum absolute atomic E-state index is 0.00843. The number of hydrogen-bond acceptors (Lipinski definition) is 7. The minimum atomic E-state index is -0.541. The molecule has 0 unspecified atom stereocenters. The fraction of sp³-hybridized carbons (Fsp3) is 0.350. The van der Waals surface area contributed by atoms with Gasteiger partial charge in [-0.2, -0.15) is 4.98 Å². The predicted octanol–water partition coefficient (Wildman–Crippen LogP) is 3.85. The first kappa shape index (κ1) is 20.2. The van der Waals surface area contributed by atoms with Gasteiger partial charge in [-0.3, -0.25) is 4.98 Å². The Morgan fingerprint density at radius 3 is 2.48 bits per heavy atom. The molecular weight excluding hydrogens is 348 g/mol. The first-order chi connectivity index (χ1) is 12.8. The SMILES string of the molecule is CO/C=C(/C(=O)OC)c1ccccc1Oc1cncc(OCC(C)(C)C)n1. The number of benzene rings is 1. The summed E-state index contributed by atoms with van der Waals surface area (Å²) in [6, 6.07) is 7.01. The van der Waals surface area contributed by atoms with Crippen molar-refractivity contribution in [3.05, 3.63) is 48.5 Å². The van der Waals surface area contributed by atoms with Crippen LogP contribution in [0.5, 0.6) is 17.5 Å². The van der Waals surface area contributed by atoms with Crippen LogP contribution >= 0.6 is 0 Å². The molecule has 7 nitrogen and oxygen atoms in total. The summed E-state index contributed by atoms with van der Waals surface area (Å²) < 4.78 is 21.3. The highest BCUT2D eigenvalue weighted by Crippen LogP contribution is 2.30. The van der Waals surface area contributed by atoms with Gasteiger partial charge < -0.3 is 18.9 Å². The molecule has 0 N–H and O–H groups in total. The molecule has 0 saturated heterocycles. The lowest BCUT2D eigenvalue weighted by molar-refractivity contribution is -0.133. The van der Waals surface area contributed by atoms with Crippen LogP contribution in [0.1, 0.15) is 26.3 Å². The summed E-state index contributed by atoms with van der Waals surface area (Å²) in [6.07, 6.45) is 4.30. The van der Waals surface area contributed by atoms with Crippen LogP contribution in [0.4, 0.5) is 0 Å². The number of ether oxygens (including phenoxy) is 4. The number of carbonyl (C=O) groups is 1. The van der Waals surface area contributed by atoms with Crippen molar-refractivity contribution in [1.29, 1.82) is 0 Å². The Hall–Kier alpha value is -3.09. The first-order valence-electron chi connectivity index (χ1n) is 8.37. The van der Waals surface area contributed by atoms with Crippen molar-refractivity contribution in [2.75, 3.05) is 20.8 Å². The van der Waals surface area contributed by atoms with Gasteiger partial charge in [-0.15, -0.1) is 0 Å². The molecule has 27 heavy (non-hydrogen) atoms. The van der Waals surface area contributed by atoms with Crippen LogP contribution in [0.25, 0.3) is 5.57 Å². The molecule has 0 aliphatic carbocycles. The van der Waals surface area contributed by atoms with Gasteiger partial charge in [0.25, 0.3) is 0 Å². The molecule has 0 spiro atoms. The number of aromatic nitrogens is 2. The van der Waals surface area contributed by atoms with Crippen molar-refractivity contribution >= 4 is 11.5 Å². The first-order valence-corrected chi connectivity index (χ1v) is 8.37. The zero-order valence-electron chi connectivity index (χ0n) is 16.2. The van der Waals surface area contributed by atoms with E-state index in [0.717, 1.165) is 0 Å². The maximum Gasteiger partial charge on any atom is 0.341 e. The monoisotopic (exact) mass is 372 g/mol. The summed E-state index contributed by atoms with van der Waals surface area (Å²) in [4.78, 5) is 20.5.